The van der Waals surface area contributed by atoms with Gasteiger partial charge in [0.25, 0.3) is 0 Å². The van der Waals surface area contributed by atoms with E-state index < -0.39 is 29.7 Å². The van der Waals surface area contributed by atoms with Crippen LogP contribution in [0.1, 0.15) is 37.6 Å². The van der Waals surface area contributed by atoms with Crippen molar-refractivity contribution >= 4 is 17.9 Å². The molecule has 0 unspecified atom stereocenters. The molecule has 3 aromatic carbocycles. The molecule has 49 heavy (non-hydrogen) atoms. The molecule has 1 saturated heterocycles. The number of carbonyl (C=O) groups is 2. The molecule has 2 aromatic heterocycles. The number of hydrogen-bond donors (Lipinski definition) is 0. The van der Waals surface area contributed by atoms with Gasteiger partial charge in [-0.15, -0.1) is 10.2 Å². The maximum absolute atomic E-state index is 15.4. The number of cyclic esters (lactones) is 1. The lowest BCUT2D eigenvalue weighted by Gasteiger charge is -2.27. The van der Waals surface area contributed by atoms with Crippen molar-refractivity contribution in [3.05, 3.63) is 108 Å². The van der Waals surface area contributed by atoms with Crippen LogP contribution in [-0.2, 0) is 35.7 Å². The first-order chi connectivity index (χ1) is 23.5. The number of methoxy groups -OCH3 is 1. The molecular weight excluding hydrogens is 631 g/mol. The Kier molecular flexibility index (Phi) is 9.56. The van der Waals surface area contributed by atoms with Crippen LogP contribution in [0.5, 0.6) is 5.75 Å². The fraction of sp³-hybridized carbons (Fsp3) is 0.314. The van der Waals surface area contributed by atoms with E-state index in [4.69, 9.17) is 14.2 Å². The van der Waals surface area contributed by atoms with Crippen LogP contribution in [0, 0.1) is 5.82 Å². The number of carbonyl (C=O) groups excluding carboxylic acids is 2. The Morgan fingerprint density at radius 2 is 1.76 bits per heavy atom. The predicted octanol–water partition coefficient (Wildman–Crippen LogP) is 5.70. The second kappa shape index (κ2) is 14.1. The van der Waals surface area contributed by atoms with Crippen LogP contribution in [0.25, 0.3) is 11.1 Å². The van der Waals surface area contributed by atoms with Crippen LogP contribution in [0.4, 0.5) is 19.7 Å². The van der Waals surface area contributed by atoms with Gasteiger partial charge in [0, 0.05) is 18.3 Å². The average molecular weight is 669 g/mol. The standard InChI is InChI=1S/C35H37FN8O5/c1-35(2,3)49-33(45)41(21-28-18-38-40-44(28)20-25-7-12-29(47-4)13-8-25)19-24-5-9-26(10-6-24)31-14-11-27(17-32(31)36)43-23-30(48-34(43)46)22-42-16-15-37-39-42/h5-18,30H,19-23H2,1-4H3/t30-/m0/s1. The molecule has 6 rings (SSSR count). The smallest absolute Gasteiger partial charge is 0.414 e. The van der Waals surface area contributed by atoms with Gasteiger partial charge in [-0.2, -0.15) is 0 Å². The zero-order chi connectivity index (χ0) is 34.5. The van der Waals surface area contributed by atoms with Gasteiger partial charge in [-0.25, -0.2) is 23.3 Å². The molecule has 0 N–H and O–H groups in total. The Morgan fingerprint density at radius 1 is 1.00 bits per heavy atom. The molecule has 0 aliphatic carbocycles. The minimum atomic E-state index is -0.700. The highest BCUT2D eigenvalue weighted by atomic mass is 19.1. The number of halogens is 1. The van der Waals surface area contributed by atoms with Crippen molar-refractivity contribution < 1.29 is 28.2 Å². The van der Waals surface area contributed by atoms with E-state index >= 15 is 4.39 Å². The highest BCUT2D eigenvalue weighted by molar-refractivity contribution is 5.90. The summed E-state index contributed by atoms with van der Waals surface area (Å²) in [6.45, 7) is 6.96. The molecule has 3 heterocycles. The van der Waals surface area contributed by atoms with Gasteiger partial charge in [-0.3, -0.25) is 9.80 Å². The molecule has 0 spiro atoms. The molecule has 1 fully saturated rings. The zero-order valence-electron chi connectivity index (χ0n) is 27.7. The van der Waals surface area contributed by atoms with Gasteiger partial charge in [0.1, 0.15) is 23.3 Å². The van der Waals surface area contributed by atoms with E-state index in [-0.39, 0.29) is 19.6 Å². The number of hydrogen-bond acceptors (Lipinski definition) is 9. The van der Waals surface area contributed by atoms with E-state index in [1.807, 2.05) is 57.2 Å². The second-order valence-corrected chi connectivity index (χ2v) is 12.7. The SMILES string of the molecule is COc1ccc(Cn2nncc2CN(Cc2ccc(-c3ccc(N4C[C@H](Cn5ccnn5)OC4=O)cc3F)cc2)C(=O)OC(C)(C)C)cc1. The molecule has 254 valence electrons. The quantitative estimate of drug-likeness (QED) is 0.174. The maximum Gasteiger partial charge on any atom is 0.414 e. The van der Waals surface area contributed by atoms with Gasteiger partial charge in [0.15, 0.2) is 0 Å². The fourth-order valence-electron chi connectivity index (χ4n) is 5.43. The van der Waals surface area contributed by atoms with Crippen LogP contribution >= 0.6 is 0 Å². The van der Waals surface area contributed by atoms with Crippen molar-refractivity contribution in [2.24, 2.45) is 0 Å². The third-order valence-electron chi connectivity index (χ3n) is 7.83. The van der Waals surface area contributed by atoms with Crippen LogP contribution in [0.15, 0.2) is 85.3 Å². The Morgan fingerprint density at radius 3 is 2.43 bits per heavy atom. The van der Waals surface area contributed by atoms with Crippen molar-refractivity contribution in [1.82, 2.24) is 34.9 Å². The lowest BCUT2D eigenvalue weighted by atomic mass is 10.0. The molecule has 14 heteroatoms. The number of anilines is 1. The fourth-order valence-corrected chi connectivity index (χ4v) is 5.43. The van der Waals surface area contributed by atoms with Crippen molar-refractivity contribution in [1.29, 1.82) is 0 Å². The number of nitrogens with zero attached hydrogens (tertiary/aromatic N) is 8. The molecule has 1 aliphatic rings. The predicted molar refractivity (Wildman–Crippen MR) is 177 cm³/mol. The van der Waals surface area contributed by atoms with Crippen molar-refractivity contribution in [3.8, 4) is 16.9 Å². The topological polar surface area (TPSA) is 130 Å². The monoisotopic (exact) mass is 668 g/mol. The van der Waals surface area contributed by atoms with Gasteiger partial charge in [-0.05, 0) is 67.8 Å². The number of rotatable bonds is 11. The molecule has 0 bridgehead atoms. The highest BCUT2D eigenvalue weighted by Gasteiger charge is 2.33. The molecule has 1 atom stereocenters. The summed E-state index contributed by atoms with van der Waals surface area (Å²) in [5.41, 5.74) is 3.27. The summed E-state index contributed by atoms with van der Waals surface area (Å²) in [5, 5.41) is 16.0. The first-order valence-corrected chi connectivity index (χ1v) is 15.7. The third-order valence-corrected chi connectivity index (χ3v) is 7.83. The number of amides is 2. The van der Waals surface area contributed by atoms with Gasteiger partial charge in [0.2, 0.25) is 0 Å². The molecule has 13 nitrogen and oxygen atoms in total. The number of aromatic nitrogens is 6. The van der Waals surface area contributed by atoms with E-state index in [0.717, 1.165) is 22.6 Å². The summed E-state index contributed by atoms with van der Waals surface area (Å²) in [4.78, 5) is 28.9. The minimum absolute atomic E-state index is 0.203. The first-order valence-electron chi connectivity index (χ1n) is 15.7. The number of benzene rings is 3. The molecular formula is C35H37FN8O5. The summed E-state index contributed by atoms with van der Waals surface area (Å²) < 4.78 is 35.2. The van der Waals surface area contributed by atoms with E-state index in [0.29, 0.717) is 29.9 Å². The van der Waals surface area contributed by atoms with Crippen LogP contribution in [0.3, 0.4) is 0 Å². The summed E-state index contributed by atoms with van der Waals surface area (Å²) in [6.07, 6.45) is 3.40. The van der Waals surface area contributed by atoms with Crippen molar-refractivity contribution in [2.45, 2.75) is 58.7 Å². The molecule has 0 radical (unpaired) electrons. The molecule has 2 amide bonds. The summed E-state index contributed by atoms with van der Waals surface area (Å²) in [6, 6.07) is 19.6. The van der Waals surface area contributed by atoms with Gasteiger partial charge < -0.3 is 14.2 Å². The summed E-state index contributed by atoms with van der Waals surface area (Å²) in [5.74, 6) is 0.276. The lowest BCUT2D eigenvalue weighted by molar-refractivity contribution is 0.0211. The van der Waals surface area contributed by atoms with Gasteiger partial charge in [0.05, 0.1) is 57.1 Å². The Labute approximate surface area is 282 Å². The zero-order valence-corrected chi connectivity index (χ0v) is 27.7. The molecule has 0 saturated carbocycles. The van der Waals surface area contributed by atoms with Crippen LogP contribution in [-0.4, -0.2) is 72.4 Å². The normalized spacial score (nSPS) is 14.5. The second-order valence-electron chi connectivity index (χ2n) is 12.7. The largest absolute Gasteiger partial charge is 0.497 e. The first kappa shape index (κ1) is 33.1. The van der Waals surface area contributed by atoms with E-state index in [2.05, 4.69) is 20.6 Å². The maximum atomic E-state index is 15.4. The Balaban J connectivity index is 1.15. The lowest BCUT2D eigenvalue weighted by Crippen LogP contribution is -2.36. The molecule has 5 aromatic rings. The average Bonchev–Trinajstić information content (AvgIpc) is 3.83. The minimum Gasteiger partial charge on any atom is -0.497 e. The Bertz CT molecular complexity index is 1890. The highest BCUT2D eigenvalue weighted by Crippen LogP contribution is 2.30. The van der Waals surface area contributed by atoms with Crippen LogP contribution < -0.4 is 9.64 Å². The van der Waals surface area contributed by atoms with E-state index in [9.17, 15) is 9.59 Å². The van der Waals surface area contributed by atoms with Gasteiger partial charge in [-0.1, -0.05) is 46.8 Å². The molecule has 1 aliphatic heterocycles. The van der Waals surface area contributed by atoms with Crippen molar-refractivity contribution in [2.75, 3.05) is 18.6 Å². The van der Waals surface area contributed by atoms with Gasteiger partial charge >= 0.3 is 12.2 Å². The van der Waals surface area contributed by atoms with E-state index in [1.54, 1.807) is 64.2 Å². The van der Waals surface area contributed by atoms with E-state index in [1.165, 1.54) is 11.0 Å². The number of ether oxygens (including phenoxy) is 3. The summed E-state index contributed by atoms with van der Waals surface area (Å²) in [7, 11) is 1.62. The third kappa shape index (κ3) is 8.20. The van der Waals surface area contributed by atoms with Crippen LogP contribution in [0.2, 0.25) is 0 Å². The Hall–Kier alpha value is -5.79. The van der Waals surface area contributed by atoms with Crippen molar-refractivity contribution in [3.63, 3.8) is 0 Å². The summed E-state index contributed by atoms with van der Waals surface area (Å²) >= 11 is 0.